The van der Waals surface area contributed by atoms with Crippen molar-refractivity contribution in [2.75, 3.05) is 0 Å². The second-order valence-corrected chi connectivity index (χ2v) is 1.60. The smallest absolute Gasteiger partial charge is 0.412 e. The topological polar surface area (TPSA) is 112 Å². The molecule has 0 spiro atoms. The maximum Gasteiger partial charge on any atom is 0.448 e. The Hall–Kier alpha value is -0.410. The molecule has 0 atom stereocenters. The Bertz CT molecular complexity index is 119. The van der Waals surface area contributed by atoms with Crippen LogP contribution in [0.5, 0.6) is 0 Å². The summed E-state index contributed by atoms with van der Waals surface area (Å²) < 4.78 is 33.8. The summed E-state index contributed by atoms with van der Waals surface area (Å²) in [7, 11) is 0. The number of hydrogen-bond donors (Lipinski definition) is 4. The minimum absolute atomic E-state index is 0. The van der Waals surface area contributed by atoms with E-state index in [4.69, 9.17) is 20.4 Å². The average Bonchev–Trinajstić information content (AvgIpc) is 1.62. The molecule has 0 radical (unpaired) electrons. The van der Waals surface area contributed by atoms with Crippen molar-refractivity contribution in [3.63, 3.8) is 0 Å². The van der Waals surface area contributed by atoms with E-state index in [0.717, 1.165) is 0 Å². The Balaban J connectivity index is 0. The Kier molecular flexibility index (Phi) is 3.99. The van der Waals surface area contributed by atoms with Gasteiger partial charge in [-0.25, -0.2) is 0 Å². The van der Waals surface area contributed by atoms with Crippen molar-refractivity contribution >= 4 is 0 Å². The number of aliphatic hydroxyl groups is 4. The van der Waals surface area contributed by atoms with E-state index in [0.29, 0.717) is 0 Å². The van der Waals surface area contributed by atoms with Gasteiger partial charge in [0.15, 0.2) is 0 Å². The highest BCUT2D eigenvalue weighted by Gasteiger charge is 2.57. The zero-order chi connectivity index (χ0) is 8.58. The average molecular weight is 180 g/mol. The molecule has 0 unspecified atom stereocenters. The third-order valence-corrected chi connectivity index (χ3v) is 0.777. The molecule has 0 saturated heterocycles. The molecular formula is C3H7F3O5. The third-order valence-electron chi connectivity index (χ3n) is 0.777. The van der Waals surface area contributed by atoms with Gasteiger partial charge in [-0.2, -0.15) is 13.2 Å². The molecule has 11 heavy (non-hydrogen) atoms. The molecule has 8 heteroatoms. The van der Waals surface area contributed by atoms with Gasteiger partial charge in [0.1, 0.15) is 0 Å². The van der Waals surface area contributed by atoms with E-state index in [-0.39, 0.29) is 5.48 Å². The molecule has 0 aliphatic heterocycles. The normalized spacial score (nSPS) is 13.1. The molecule has 0 aromatic carbocycles. The van der Waals surface area contributed by atoms with Crippen LogP contribution in [0.4, 0.5) is 13.2 Å². The van der Waals surface area contributed by atoms with Gasteiger partial charge in [0, 0.05) is 0 Å². The first-order valence-corrected chi connectivity index (χ1v) is 2.07. The van der Waals surface area contributed by atoms with Crippen LogP contribution in [0.15, 0.2) is 0 Å². The van der Waals surface area contributed by atoms with Crippen molar-refractivity contribution in [1.82, 2.24) is 0 Å². The van der Waals surface area contributed by atoms with Gasteiger partial charge < -0.3 is 25.9 Å². The monoisotopic (exact) mass is 180 g/mol. The molecule has 0 heterocycles. The molecule has 0 fully saturated rings. The van der Waals surface area contributed by atoms with Gasteiger partial charge in [-0.1, -0.05) is 0 Å². The fourth-order valence-corrected chi connectivity index (χ4v) is 0.146. The summed E-state index contributed by atoms with van der Waals surface area (Å²) in [6.45, 7) is 0. The molecule has 0 saturated carbocycles. The highest BCUT2D eigenvalue weighted by molar-refractivity contribution is 4.75. The Morgan fingerprint density at radius 3 is 1.27 bits per heavy atom. The summed E-state index contributed by atoms with van der Waals surface area (Å²) in [5, 5.41) is 31.2. The summed E-state index contributed by atoms with van der Waals surface area (Å²) in [5.41, 5.74) is 0. The van der Waals surface area contributed by atoms with Gasteiger partial charge in [-0.15, -0.1) is 0 Å². The fourth-order valence-electron chi connectivity index (χ4n) is 0.146. The first-order valence-electron chi connectivity index (χ1n) is 2.07. The summed E-state index contributed by atoms with van der Waals surface area (Å²) in [6, 6.07) is 0. The summed E-state index contributed by atoms with van der Waals surface area (Å²) in [6.07, 6.45) is -8.73. The lowest BCUT2D eigenvalue weighted by atomic mass is 10.3. The van der Waals surface area contributed by atoms with E-state index < -0.39 is 18.3 Å². The number of alkyl halides is 3. The third kappa shape index (κ3) is 2.60. The summed E-state index contributed by atoms with van der Waals surface area (Å²) in [4.78, 5) is 0. The van der Waals surface area contributed by atoms with E-state index in [1.807, 2.05) is 0 Å². The molecule has 0 amide bonds. The number of hydrogen-bond acceptors (Lipinski definition) is 4. The van der Waals surface area contributed by atoms with E-state index >= 15 is 0 Å². The Morgan fingerprint density at radius 2 is 1.27 bits per heavy atom. The van der Waals surface area contributed by atoms with Gasteiger partial charge in [0.2, 0.25) is 6.29 Å². The van der Waals surface area contributed by atoms with Crippen LogP contribution < -0.4 is 0 Å². The van der Waals surface area contributed by atoms with E-state index in [1.165, 1.54) is 0 Å². The standard InChI is InChI=1S/C3H5F3O4.H2O/c4-3(5,6)2(9,10)1(7)8;/h1,7-10H;1H2. The molecule has 5 nitrogen and oxygen atoms in total. The molecule has 6 N–H and O–H groups in total. The van der Waals surface area contributed by atoms with E-state index in [1.54, 1.807) is 0 Å². The Labute approximate surface area is 58.6 Å². The Morgan fingerprint density at radius 1 is 1.00 bits per heavy atom. The highest BCUT2D eigenvalue weighted by atomic mass is 19.4. The first kappa shape index (κ1) is 13.2. The maximum atomic E-state index is 11.3. The number of aliphatic hydroxyl groups excluding tert-OH is 1. The van der Waals surface area contributed by atoms with Crippen LogP contribution in [0.25, 0.3) is 0 Å². The van der Waals surface area contributed by atoms with Crippen LogP contribution in [0.1, 0.15) is 0 Å². The quantitative estimate of drug-likeness (QED) is 0.340. The van der Waals surface area contributed by atoms with Crippen molar-refractivity contribution in [1.29, 1.82) is 0 Å². The lowest BCUT2D eigenvalue weighted by Gasteiger charge is -2.25. The van der Waals surface area contributed by atoms with E-state index in [9.17, 15) is 13.2 Å². The van der Waals surface area contributed by atoms with Crippen molar-refractivity contribution in [2.24, 2.45) is 0 Å². The molecule has 0 aliphatic rings. The first-order chi connectivity index (χ1) is 4.19. The van der Waals surface area contributed by atoms with Gasteiger partial charge in [-0.3, -0.25) is 0 Å². The predicted octanol–water partition coefficient (Wildman–Crippen LogP) is -2.28. The van der Waals surface area contributed by atoms with Gasteiger partial charge in [0.25, 0.3) is 0 Å². The van der Waals surface area contributed by atoms with Crippen molar-refractivity contribution < 1.29 is 39.1 Å². The zero-order valence-corrected chi connectivity index (χ0v) is 5.00. The van der Waals surface area contributed by atoms with Crippen LogP contribution >= 0.6 is 0 Å². The zero-order valence-electron chi connectivity index (χ0n) is 5.00. The SMILES string of the molecule is O.OC(O)C(O)(O)C(F)(F)F. The molecule has 0 rings (SSSR count). The van der Waals surface area contributed by atoms with Gasteiger partial charge in [0.05, 0.1) is 0 Å². The highest BCUT2D eigenvalue weighted by Crippen LogP contribution is 2.29. The number of rotatable bonds is 1. The van der Waals surface area contributed by atoms with Crippen LogP contribution in [-0.4, -0.2) is 44.2 Å². The lowest BCUT2D eigenvalue weighted by molar-refractivity contribution is -0.408. The second-order valence-electron chi connectivity index (χ2n) is 1.60. The molecule has 0 aromatic rings. The minimum Gasteiger partial charge on any atom is -0.412 e. The van der Waals surface area contributed by atoms with Gasteiger partial charge >= 0.3 is 12.0 Å². The van der Waals surface area contributed by atoms with Crippen LogP contribution in [-0.2, 0) is 0 Å². The van der Waals surface area contributed by atoms with Crippen molar-refractivity contribution in [3.8, 4) is 0 Å². The summed E-state index contributed by atoms with van der Waals surface area (Å²) >= 11 is 0. The number of halogens is 3. The maximum absolute atomic E-state index is 11.3. The van der Waals surface area contributed by atoms with Crippen molar-refractivity contribution in [3.05, 3.63) is 0 Å². The second kappa shape index (κ2) is 3.32. The van der Waals surface area contributed by atoms with Crippen LogP contribution in [0, 0.1) is 0 Å². The van der Waals surface area contributed by atoms with Crippen molar-refractivity contribution in [2.45, 2.75) is 18.3 Å². The van der Waals surface area contributed by atoms with E-state index in [2.05, 4.69) is 0 Å². The van der Waals surface area contributed by atoms with Crippen LogP contribution in [0.3, 0.4) is 0 Å². The molecule has 70 valence electrons. The lowest BCUT2D eigenvalue weighted by Crippen LogP contribution is -2.54. The predicted molar refractivity (Wildman–Crippen MR) is 25.1 cm³/mol. The molecule has 0 aliphatic carbocycles. The van der Waals surface area contributed by atoms with Gasteiger partial charge in [-0.05, 0) is 0 Å². The van der Waals surface area contributed by atoms with Crippen LogP contribution in [0.2, 0.25) is 0 Å². The largest absolute Gasteiger partial charge is 0.448 e. The minimum atomic E-state index is -5.47. The molecular weight excluding hydrogens is 173 g/mol. The fraction of sp³-hybridized carbons (Fsp3) is 1.00. The molecule has 0 bridgehead atoms. The summed E-state index contributed by atoms with van der Waals surface area (Å²) in [5.74, 6) is -4.45. The molecule has 0 aromatic heterocycles.